The first-order chi connectivity index (χ1) is 16.8. The summed E-state index contributed by atoms with van der Waals surface area (Å²) in [4.78, 5) is 0. The van der Waals surface area contributed by atoms with E-state index in [4.69, 9.17) is 9.47 Å². The van der Waals surface area contributed by atoms with Gasteiger partial charge in [-0.25, -0.2) is 0 Å². The van der Waals surface area contributed by atoms with Gasteiger partial charge < -0.3 is 14.6 Å². The molecule has 4 aromatic rings. The zero-order valence-corrected chi connectivity index (χ0v) is 18.3. The zero-order chi connectivity index (χ0) is 23.4. The number of nitrogens with zero attached hydrogens (tertiary/aromatic N) is 5. The Kier molecular flexibility index (Phi) is 7.91. The van der Waals surface area contributed by atoms with Gasteiger partial charge in [0, 0.05) is 0 Å². The minimum atomic E-state index is -0.147. The van der Waals surface area contributed by atoms with Gasteiger partial charge in [0.2, 0.25) is 0 Å². The van der Waals surface area contributed by atoms with Crippen molar-refractivity contribution in [2.45, 2.75) is 0 Å². The van der Waals surface area contributed by atoms with Crippen LogP contribution in [-0.2, 0) is 0 Å². The van der Waals surface area contributed by atoms with Crippen LogP contribution in [0, 0.1) is 0 Å². The molecular weight excluding hydrogens is 430 g/mol. The molecular formula is C26H23N5O3. The number of para-hydroxylation sites is 2. The monoisotopic (exact) mass is 453 g/mol. The second kappa shape index (κ2) is 11.9. The SMILES string of the molecule is OCCN(N=Nc1ccc(Oc2ccccc2)cc1)N=Nc1ccc(Oc2ccccc2)cc1. The summed E-state index contributed by atoms with van der Waals surface area (Å²) in [5, 5.41) is 27.0. The average molecular weight is 454 g/mol. The van der Waals surface area contributed by atoms with Gasteiger partial charge in [-0.2, -0.15) is 0 Å². The molecule has 0 saturated carbocycles. The normalized spacial score (nSPS) is 11.1. The fourth-order valence-corrected chi connectivity index (χ4v) is 2.81. The molecule has 34 heavy (non-hydrogen) atoms. The predicted octanol–water partition coefficient (Wildman–Crippen LogP) is 7.26. The van der Waals surface area contributed by atoms with E-state index in [9.17, 15) is 5.11 Å². The lowest BCUT2D eigenvalue weighted by Crippen LogP contribution is -2.13. The highest BCUT2D eigenvalue weighted by Crippen LogP contribution is 2.25. The highest BCUT2D eigenvalue weighted by molar-refractivity contribution is 5.43. The van der Waals surface area contributed by atoms with Gasteiger partial charge in [-0.3, -0.25) is 0 Å². The standard InChI is InChI=1S/C26H23N5O3/c32-20-19-31(29-27-21-11-15-25(16-12-21)33-23-7-3-1-4-8-23)30-28-22-13-17-26(18-14-22)34-24-9-5-2-6-10-24/h1-18,32H,19-20H2. The van der Waals surface area contributed by atoms with E-state index in [1.165, 1.54) is 5.12 Å². The third-order valence-corrected chi connectivity index (χ3v) is 4.46. The van der Waals surface area contributed by atoms with Crippen LogP contribution >= 0.6 is 0 Å². The molecule has 4 rings (SSSR count). The van der Waals surface area contributed by atoms with Gasteiger partial charge in [0.25, 0.3) is 0 Å². The summed E-state index contributed by atoms with van der Waals surface area (Å²) in [5.74, 6) is 2.89. The number of hydrogen-bond acceptors (Lipinski definition) is 7. The summed E-state index contributed by atoms with van der Waals surface area (Å²) < 4.78 is 11.5. The summed E-state index contributed by atoms with van der Waals surface area (Å²) in [6.07, 6.45) is 0. The molecule has 8 heteroatoms. The summed E-state index contributed by atoms with van der Waals surface area (Å²) >= 11 is 0. The average Bonchev–Trinajstić information content (AvgIpc) is 2.89. The molecule has 0 saturated heterocycles. The molecule has 0 aliphatic heterocycles. The fraction of sp³-hybridized carbons (Fsp3) is 0.0769. The van der Waals surface area contributed by atoms with Crippen molar-refractivity contribution in [3.05, 3.63) is 109 Å². The molecule has 0 aliphatic rings. The van der Waals surface area contributed by atoms with E-state index in [1.54, 1.807) is 48.5 Å². The largest absolute Gasteiger partial charge is 0.457 e. The maximum absolute atomic E-state index is 9.31. The van der Waals surface area contributed by atoms with Crippen LogP contribution in [0.25, 0.3) is 0 Å². The van der Waals surface area contributed by atoms with Crippen LogP contribution in [0.3, 0.4) is 0 Å². The first kappa shape index (κ1) is 22.6. The van der Waals surface area contributed by atoms with Gasteiger partial charge >= 0.3 is 0 Å². The van der Waals surface area contributed by atoms with Crippen molar-refractivity contribution in [1.82, 2.24) is 5.12 Å². The van der Waals surface area contributed by atoms with E-state index in [2.05, 4.69) is 20.7 Å². The summed E-state index contributed by atoms with van der Waals surface area (Å²) in [6, 6.07) is 33.4. The summed E-state index contributed by atoms with van der Waals surface area (Å²) in [7, 11) is 0. The molecule has 0 bridgehead atoms. The molecule has 8 nitrogen and oxygen atoms in total. The lowest BCUT2D eigenvalue weighted by Gasteiger charge is -2.08. The zero-order valence-electron chi connectivity index (χ0n) is 18.3. The number of aliphatic hydroxyl groups is 1. The lowest BCUT2D eigenvalue weighted by molar-refractivity contribution is 0.189. The molecule has 0 atom stereocenters. The van der Waals surface area contributed by atoms with E-state index in [0.29, 0.717) is 22.9 Å². The maximum Gasteiger partial charge on any atom is 0.127 e. The van der Waals surface area contributed by atoms with E-state index in [-0.39, 0.29) is 13.2 Å². The lowest BCUT2D eigenvalue weighted by atomic mass is 10.3. The van der Waals surface area contributed by atoms with Gasteiger partial charge in [0.15, 0.2) is 0 Å². The number of ether oxygens (including phenoxy) is 2. The van der Waals surface area contributed by atoms with E-state index >= 15 is 0 Å². The van der Waals surface area contributed by atoms with Crippen LogP contribution in [0.5, 0.6) is 23.0 Å². The highest BCUT2D eigenvalue weighted by Gasteiger charge is 2.01. The number of rotatable bonds is 10. The Bertz CT molecular complexity index is 1100. The second-order valence-corrected chi connectivity index (χ2v) is 7.02. The van der Waals surface area contributed by atoms with E-state index in [1.807, 2.05) is 60.7 Å². The van der Waals surface area contributed by atoms with Crippen molar-refractivity contribution in [3.63, 3.8) is 0 Å². The molecule has 170 valence electrons. The van der Waals surface area contributed by atoms with Crippen LogP contribution in [0.4, 0.5) is 11.4 Å². The van der Waals surface area contributed by atoms with Crippen LogP contribution in [0.15, 0.2) is 130 Å². The Balaban J connectivity index is 1.35. The first-order valence-electron chi connectivity index (χ1n) is 10.7. The maximum atomic E-state index is 9.31. The van der Waals surface area contributed by atoms with E-state index in [0.717, 1.165) is 11.5 Å². The van der Waals surface area contributed by atoms with Crippen molar-refractivity contribution in [2.75, 3.05) is 13.2 Å². The second-order valence-electron chi connectivity index (χ2n) is 7.02. The van der Waals surface area contributed by atoms with Crippen LogP contribution < -0.4 is 9.47 Å². The Morgan fingerprint density at radius 2 is 0.912 bits per heavy atom. The molecule has 0 fully saturated rings. The van der Waals surface area contributed by atoms with Gasteiger partial charge in [-0.1, -0.05) is 36.4 Å². The Morgan fingerprint density at radius 1 is 0.529 bits per heavy atom. The van der Waals surface area contributed by atoms with Gasteiger partial charge in [-0.15, -0.1) is 15.3 Å². The molecule has 0 radical (unpaired) electrons. The fourth-order valence-electron chi connectivity index (χ4n) is 2.81. The molecule has 0 amide bonds. The van der Waals surface area contributed by atoms with Crippen LogP contribution in [0.2, 0.25) is 0 Å². The highest BCUT2D eigenvalue weighted by atomic mass is 16.5. The van der Waals surface area contributed by atoms with Crippen molar-refractivity contribution in [3.8, 4) is 23.0 Å². The first-order valence-corrected chi connectivity index (χ1v) is 10.7. The van der Waals surface area contributed by atoms with Gasteiger partial charge in [-0.05, 0) is 83.2 Å². The minimum Gasteiger partial charge on any atom is -0.457 e. The third-order valence-electron chi connectivity index (χ3n) is 4.46. The molecule has 0 aromatic heterocycles. The van der Waals surface area contributed by atoms with Crippen LogP contribution in [0.1, 0.15) is 0 Å². The van der Waals surface area contributed by atoms with E-state index < -0.39 is 0 Å². The summed E-state index contributed by atoms with van der Waals surface area (Å²) in [6.45, 7) is 0.00313. The van der Waals surface area contributed by atoms with Crippen molar-refractivity contribution >= 4 is 11.4 Å². The smallest absolute Gasteiger partial charge is 0.127 e. The van der Waals surface area contributed by atoms with Crippen molar-refractivity contribution in [2.24, 2.45) is 20.7 Å². The molecule has 1 N–H and O–H groups in total. The van der Waals surface area contributed by atoms with Crippen LogP contribution in [-0.4, -0.2) is 23.4 Å². The van der Waals surface area contributed by atoms with Gasteiger partial charge in [0.1, 0.15) is 23.0 Å². The predicted molar refractivity (Wildman–Crippen MR) is 129 cm³/mol. The number of aliphatic hydroxyl groups excluding tert-OH is 1. The topological polar surface area (TPSA) is 91.4 Å². The number of hydrogen-bond donors (Lipinski definition) is 1. The third kappa shape index (κ3) is 6.98. The number of benzene rings is 4. The van der Waals surface area contributed by atoms with Gasteiger partial charge in [0.05, 0.1) is 24.5 Å². The Morgan fingerprint density at radius 3 is 1.29 bits per heavy atom. The molecule has 0 spiro atoms. The Hall–Kier alpha value is -4.56. The molecule has 0 unspecified atom stereocenters. The molecule has 0 aliphatic carbocycles. The van der Waals surface area contributed by atoms with Crippen molar-refractivity contribution in [1.29, 1.82) is 0 Å². The Labute approximate surface area is 197 Å². The summed E-state index contributed by atoms with van der Waals surface area (Å²) in [5.41, 5.74) is 1.22. The van der Waals surface area contributed by atoms with Crippen molar-refractivity contribution < 1.29 is 14.6 Å². The molecule has 4 aromatic carbocycles. The quantitative estimate of drug-likeness (QED) is 0.202. The molecule has 0 heterocycles. The minimum absolute atomic E-state index is 0.147.